The third-order valence-electron chi connectivity index (χ3n) is 3.44. The van der Waals surface area contributed by atoms with Crippen molar-refractivity contribution in [1.82, 2.24) is 0 Å². The second kappa shape index (κ2) is 7.98. The van der Waals surface area contributed by atoms with E-state index in [9.17, 15) is 14.9 Å². The minimum atomic E-state index is -0.621. The zero-order chi connectivity index (χ0) is 18.6. The van der Waals surface area contributed by atoms with Gasteiger partial charge >= 0.3 is 0 Å². The third kappa shape index (κ3) is 4.27. The van der Waals surface area contributed by atoms with Crippen molar-refractivity contribution >= 4 is 33.2 Å². The molecule has 8 heteroatoms. The van der Waals surface area contributed by atoms with Gasteiger partial charge in [-0.25, -0.2) is 0 Å². The predicted octanol–water partition coefficient (Wildman–Crippen LogP) is 4.33. The molecule has 0 saturated heterocycles. The van der Waals surface area contributed by atoms with Gasteiger partial charge in [0.15, 0.2) is 11.5 Å². The number of carbonyl (C=O) groups is 1. The summed E-state index contributed by atoms with van der Waals surface area (Å²) in [5, 5.41) is 14.0. The summed E-state index contributed by atoms with van der Waals surface area (Å²) >= 11 is 3.38. The molecular weight excluding hydrogens is 392 g/mol. The summed E-state index contributed by atoms with van der Waals surface area (Å²) in [6.07, 6.45) is 0. The third-order valence-corrected chi connectivity index (χ3v) is 4.33. The summed E-state index contributed by atoms with van der Waals surface area (Å²) < 4.78 is 11.4. The van der Waals surface area contributed by atoms with Gasteiger partial charge in [-0.05, 0) is 37.6 Å². The molecule has 0 unspecified atom stereocenters. The molecule has 0 fully saturated rings. The smallest absolute Gasteiger partial charge is 0.286 e. The normalized spacial score (nSPS) is 10.2. The Bertz CT molecular complexity index is 823. The monoisotopic (exact) mass is 408 g/mol. The number of amides is 1. The lowest BCUT2D eigenvalue weighted by atomic mass is 10.1. The second-order valence-electron chi connectivity index (χ2n) is 5.13. The number of benzene rings is 2. The summed E-state index contributed by atoms with van der Waals surface area (Å²) in [5.74, 6) is -0.132. The lowest BCUT2D eigenvalue weighted by molar-refractivity contribution is -0.385. The number of nitro groups is 1. The van der Waals surface area contributed by atoms with Gasteiger partial charge < -0.3 is 14.8 Å². The van der Waals surface area contributed by atoms with Crippen LogP contribution in [0.5, 0.6) is 11.5 Å². The van der Waals surface area contributed by atoms with Crippen molar-refractivity contribution < 1.29 is 19.2 Å². The number of ether oxygens (including phenoxy) is 2. The fourth-order valence-corrected chi connectivity index (χ4v) is 2.48. The van der Waals surface area contributed by atoms with E-state index in [1.165, 1.54) is 19.2 Å². The SMILES string of the molecule is CCOc1cc([N+](=O)[O-])c(C(=O)Nc2ccc(Br)c(C)c2)cc1OC. The number of carbonyl (C=O) groups excluding carboxylic acids is 1. The molecule has 0 heterocycles. The van der Waals surface area contributed by atoms with Crippen LogP contribution in [-0.4, -0.2) is 24.5 Å². The summed E-state index contributed by atoms with van der Waals surface area (Å²) in [6.45, 7) is 3.95. The number of hydrogen-bond acceptors (Lipinski definition) is 5. The van der Waals surface area contributed by atoms with Crippen molar-refractivity contribution in [3.05, 3.63) is 56.0 Å². The Morgan fingerprint density at radius 2 is 2.00 bits per heavy atom. The number of nitro benzene ring substituents is 1. The van der Waals surface area contributed by atoms with E-state index in [2.05, 4.69) is 21.2 Å². The molecule has 25 heavy (non-hydrogen) atoms. The number of anilines is 1. The van der Waals surface area contributed by atoms with Crippen molar-refractivity contribution in [1.29, 1.82) is 0 Å². The van der Waals surface area contributed by atoms with Gasteiger partial charge in [0.25, 0.3) is 11.6 Å². The molecule has 7 nitrogen and oxygen atoms in total. The van der Waals surface area contributed by atoms with Gasteiger partial charge in [-0.3, -0.25) is 14.9 Å². The molecule has 2 aromatic rings. The van der Waals surface area contributed by atoms with Gasteiger partial charge in [-0.1, -0.05) is 15.9 Å². The summed E-state index contributed by atoms with van der Waals surface area (Å²) in [6, 6.07) is 7.76. The van der Waals surface area contributed by atoms with Gasteiger partial charge in [-0.2, -0.15) is 0 Å². The maximum absolute atomic E-state index is 12.5. The fraction of sp³-hybridized carbons (Fsp3) is 0.235. The van der Waals surface area contributed by atoms with E-state index >= 15 is 0 Å². The molecule has 0 atom stereocenters. The van der Waals surface area contributed by atoms with Crippen LogP contribution < -0.4 is 14.8 Å². The number of nitrogens with one attached hydrogen (secondary N) is 1. The minimum absolute atomic E-state index is 0.106. The largest absolute Gasteiger partial charge is 0.493 e. The highest BCUT2D eigenvalue weighted by Crippen LogP contribution is 2.35. The van der Waals surface area contributed by atoms with E-state index < -0.39 is 10.8 Å². The molecule has 132 valence electrons. The van der Waals surface area contributed by atoms with Crippen LogP contribution in [0.3, 0.4) is 0 Å². The number of rotatable bonds is 6. The van der Waals surface area contributed by atoms with E-state index in [0.29, 0.717) is 12.3 Å². The molecule has 0 aliphatic carbocycles. The summed E-state index contributed by atoms with van der Waals surface area (Å²) in [7, 11) is 1.41. The van der Waals surface area contributed by atoms with Crippen molar-refractivity contribution in [2.75, 3.05) is 19.0 Å². The molecule has 0 radical (unpaired) electrons. The first-order valence-corrected chi connectivity index (χ1v) is 8.23. The highest BCUT2D eigenvalue weighted by atomic mass is 79.9. The van der Waals surface area contributed by atoms with E-state index in [1.54, 1.807) is 25.1 Å². The molecule has 0 saturated carbocycles. The van der Waals surface area contributed by atoms with E-state index in [4.69, 9.17) is 9.47 Å². The Morgan fingerprint density at radius 3 is 2.56 bits per heavy atom. The van der Waals surface area contributed by atoms with Crippen molar-refractivity contribution in [3.63, 3.8) is 0 Å². The Labute approximate surface area is 153 Å². The molecule has 0 aromatic heterocycles. The van der Waals surface area contributed by atoms with Crippen LogP contribution in [0.1, 0.15) is 22.8 Å². The maximum atomic E-state index is 12.5. The highest BCUT2D eigenvalue weighted by Gasteiger charge is 2.25. The first-order chi connectivity index (χ1) is 11.9. The molecule has 2 rings (SSSR count). The summed E-state index contributed by atoms with van der Waals surface area (Å²) in [5.41, 5.74) is 1.01. The van der Waals surface area contributed by atoms with Crippen molar-refractivity contribution in [3.8, 4) is 11.5 Å². The quantitative estimate of drug-likeness (QED) is 0.567. The van der Waals surface area contributed by atoms with Crippen LogP contribution in [-0.2, 0) is 0 Å². The average Bonchev–Trinajstić information content (AvgIpc) is 2.57. The number of halogens is 1. The molecule has 0 aliphatic rings. The Hall–Kier alpha value is -2.61. The lowest BCUT2D eigenvalue weighted by Crippen LogP contribution is -2.14. The molecular formula is C17H17BrN2O5. The zero-order valence-corrected chi connectivity index (χ0v) is 15.5. The summed E-state index contributed by atoms with van der Waals surface area (Å²) in [4.78, 5) is 23.3. The first-order valence-electron chi connectivity index (χ1n) is 7.44. The van der Waals surface area contributed by atoms with E-state index in [0.717, 1.165) is 10.0 Å². The average molecular weight is 409 g/mol. The molecule has 0 bridgehead atoms. The number of nitrogens with zero attached hydrogens (tertiary/aromatic N) is 1. The first kappa shape index (κ1) is 18.7. The molecule has 2 aromatic carbocycles. The van der Waals surface area contributed by atoms with E-state index in [1.807, 2.05) is 6.92 Å². The topological polar surface area (TPSA) is 90.7 Å². The zero-order valence-electron chi connectivity index (χ0n) is 14.0. The van der Waals surface area contributed by atoms with Crippen LogP contribution in [0.25, 0.3) is 0 Å². The molecule has 1 N–H and O–H groups in total. The molecule has 0 aliphatic heterocycles. The minimum Gasteiger partial charge on any atom is -0.493 e. The van der Waals surface area contributed by atoms with Crippen LogP contribution in [0, 0.1) is 17.0 Å². The van der Waals surface area contributed by atoms with Gasteiger partial charge in [0.1, 0.15) is 5.56 Å². The number of methoxy groups -OCH3 is 1. The van der Waals surface area contributed by atoms with Crippen molar-refractivity contribution in [2.24, 2.45) is 0 Å². The van der Waals surface area contributed by atoms with E-state index in [-0.39, 0.29) is 22.7 Å². The van der Waals surface area contributed by atoms with Gasteiger partial charge in [0.2, 0.25) is 0 Å². The number of hydrogen-bond donors (Lipinski definition) is 1. The second-order valence-corrected chi connectivity index (χ2v) is 5.98. The van der Waals surface area contributed by atoms with Crippen LogP contribution in [0.15, 0.2) is 34.8 Å². The molecule has 1 amide bonds. The predicted molar refractivity (Wildman–Crippen MR) is 97.6 cm³/mol. The maximum Gasteiger partial charge on any atom is 0.286 e. The fourth-order valence-electron chi connectivity index (χ4n) is 2.23. The number of aryl methyl sites for hydroxylation is 1. The molecule has 0 spiro atoms. The van der Waals surface area contributed by atoms with Crippen LogP contribution in [0.2, 0.25) is 0 Å². The van der Waals surface area contributed by atoms with Crippen LogP contribution >= 0.6 is 15.9 Å². The van der Waals surface area contributed by atoms with Gasteiger partial charge in [-0.15, -0.1) is 0 Å². The Morgan fingerprint density at radius 1 is 1.28 bits per heavy atom. The van der Waals surface area contributed by atoms with Gasteiger partial charge in [0, 0.05) is 16.2 Å². The van der Waals surface area contributed by atoms with Crippen LogP contribution in [0.4, 0.5) is 11.4 Å². The highest BCUT2D eigenvalue weighted by molar-refractivity contribution is 9.10. The lowest BCUT2D eigenvalue weighted by Gasteiger charge is -2.12. The van der Waals surface area contributed by atoms with Gasteiger partial charge in [0.05, 0.1) is 24.7 Å². The standard InChI is InChI=1S/C17H17BrN2O5/c1-4-25-16-9-14(20(22)23)12(8-15(16)24-3)17(21)19-11-5-6-13(18)10(2)7-11/h5-9H,4H2,1-3H3,(H,19,21). The Balaban J connectivity index is 2.43. The van der Waals surface area contributed by atoms with Crippen molar-refractivity contribution in [2.45, 2.75) is 13.8 Å². The Kier molecular flexibility index (Phi) is 5.97.